The fourth-order valence-corrected chi connectivity index (χ4v) is 3.13. The minimum Gasteiger partial charge on any atom is -0.497 e. The molecule has 5 nitrogen and oxygen atoms in total. The van der Waals surface area contributed by atoms with Crippen molar-refractivity contribution in [2.75, 3.05) is 7.11 Å². The lowest BCUT2D eigenvalue weighted by Gasteiger charge is -2.37. The summed E-state index contributed by atoms with van der Waals surface area (Å²) in [4.78, 5) is 24.0. The summed E-state index contributed by atoms with van der Waals surface area (Å²) in [5.41, 5.74) is -1.58. The zero-order valence-corrected chi connectivity index (χ0v) is 13.4. The molecule has 0 radical (unpaired) electrons. The number of carboxylic acid groups (broad SMARTS) is 1. The Labute approximate surface area is 130 Å². The first-order valence-electron chi connectivity index (χ1n) is 7.31. The van der Waals surface area contributed by atoms with Gasteiger partial charge in [-0.3, -0.25) is 9.59 Å². The number of esters is 1. The second kappa shape index (κ2) is 5.63. The van der Waals surface area contributed by atoms with E-state index in [0.717, 1.165) is 0 Å². The van der Waals surface area contributed by atoms with Crippen LogP contribution in [-0.4, -0.2) is 24.2 Å². The van der Waals surface area contributed by atoms with E-state index < -0.39 is 22.7 Å². The first kappa shape index (κ1) is 16.3. The normalized spacial score (nSPS) is 26.5. The highest BCUT2D eigenvalue weighted by molar-refractivity contribution is 5.82. The fraction of sp³-hybridized carbons (Fsp3) is 0.529. The largest absolute Gasteiger partial charge is 0.497 e. The molecule has 2 unspecified atom stereocenters. The van der Waals surface area contributed by atoms with Gasteiger partial charge in [0.15, 0.2) is 0 Å². The SMILES string of the molecule is COc1ccc(OC(=O)C2CCC(C)(C(=O)O)C2(C)C)cc1. The summed E-state index contributed by atoms with van der Waals surface area (Å²) in [6.07, 6.45) is 0.989. The predicted octanol–water partition coefficient (Wildman–Crippen LogP) is 3.13. The average Bonchev–Trinajstić information content (AvgIpc) is 2.71. The standard InChI is InChI=1S/C17H22O5/c1-16(2)13(9-10-17(16,3)15(19)20)14(18)22-12-7-5-11(21-4)6-8-12/h5-8,13H,9-10H2,1-4H3,(H,19,20). The molecule has 22 heavy (non-hydrogen) atoms. The molecule has 0 amide bonds. The van der Waals surface area contributed by atoms with E-state index in [1.54, 1.807) is 38.3 Å². The molecule has 1 N–H and O–H groups in total. The third kappa shape index (κ3) is 2.56. The summed E-state index contributed by atoms with van der Waals surface area (Å²) >= 11 is 0. The maximum Gasteiger partial charge on any atom is 0.314 e. The van der Waals surface area contributed by atoms with E-state index in [4.69, 9.17) is 9.47 Å². The molecular weight excluding hydrogens is 284 g/mol. The summed E-state index contributed by atoms with van der Waals surface area (Å²) in [5, 5.41) is 9.49. The van der Waals surface area contributed by atoms with E-state index in [9.17, 15) is 14.7 Å². The van der Waals surface area contributed by atoms with E-state index in [-0.39, 0.29) is 5.97 Å². The molecule has 5 heteroatoms. The number of ether oxygens (including phenoxy) is 2. The van der Waals surface area contributed by atoms with E-state index in [1.807, 2.05) is 13.8 Å². The Bertz CT molecular complexity index is 575. The van der Waals surface area contributed by atoms with Crippen molar-refractivity contribution in [2.24, 2.45) is 16.7 Å². The van der Waals surface area contributed by atoms with E-state index >= 15 is 0 Å². The number of benzene rings is 1. The first-order valence-corrected chi connectivity index (χ1v) is 7.31. The lowest BCUT2D eigenvalue weighted by molar-refractivity contribution is -0.157. The minimum absolute atomic E-state index is 0.375. The van der Waals surface area contributed by atoms with Crippen molar-refractivity contribution in [3.8, 4) is 11.5 Å². The van der Waals surface area contributed by atoms with Crippen molar-refractivity contribution in [1.29, 1.82) is 0 Å². The number of hydrogen-bond donors (Lipinski definition) is 1. The van der Waals surface area contributed by atoms with Crippen LogP contribution in [0, 0.1) is 16.7 Å². The molecule has 1 aliphatic rings. The molecule has 1 fully saturated rings. The Balaban J connectivity index is 2.14. The third-order valence-corrected chi connectivity index (χ3v) is 5.26. The van der Waals surface area contributed by atoms with Crippen molar-refractivity contribution in [3.05, 3.63) is 24.3 Å². The lowest BCUT2D eigenvalue weighted by Crippen LogP contribution is -2.43. The van der Waals surface area contributed by atoms with Crippen LogP contribution in [0.5, 0.6) is 11.5 Å². The van der Waals surface area contributed by atoms with Crippen LogP contribution in [0.25, 0.3) is 0 Å². The highest BCUT2D eigenvalue weighted by Gasteiger charge is 2.58. The van der Waals surface area contributed by atoms with Crippen LogP contribution in [0.3, 0.4) is 0 Å². The molecular formula is C17H22O5. The quantitative estimate of drug-likeness (QED) is 0.683. The van der Waals surface area contributed by atoms with Gasteiger partial charge in [0.1, 0.15) is 11.5 Å². The Hall–Kier alpha value is -2.04. The molecule has 0 heterocycles. The van der Waals surface area contributed by atoms with Crippen molar-refractivity contribution < 1.29 is 24.2 Å². The fourth-order valence-electron chi connectivity index (χ4n) is 3.13. The van der Waals surface area contributed by atoms with Gasteiger partial charge in [0, 0.05) is 0 Å². The molecule has 0 spiro atoms. The number of hydrogen-bond acceptors (Lipinski definition) is 4. The van der Waals surface area contributed by atoms with Crippen LogP contribution < -0.4 is 9.47 Å². The van der Waals surface area contributed by atoms with Crippen LogP contribution in [0.2, 0.25) is 0 Å². The number of carboxylic acids is 1. The summed E-state index contributed by atoms with van der Waals surface area (Å²) in [7, 11) is 1.56. The Morgan fingerprint density at radius 2 is 1.68 bits per heavy atom. The van der Waals surface area contributed by atoms with Gasteiger partial charge in [-0.25, -0.2) is 0 Å². The van der Waals surface area contributed by atoms with Gasteiger partial charge in [0.25, 0.3) is 0 Å². The van der Waals surface area contributed by atoms with Crippen LogP contribution in [0.15, 0.2) is 24.3 Å². The van der Waals surface area contributed by atoms with E-state index in [2.05, 4.69) is 0 Å². The monoisotopic (exact) mass is 306 g/mol. The van der Waals surface area contributed by atoms with Gasteiger partial charge in [0.2, 0.25) is 0 Å². The highest BCUT2D eigenvalue weighted by Crippen LogP contribution is 2.56. The van der Waals surface area contributed by atoms with Crippen LogP contribution in [0.1, 0.15) is 33.6 Å². The zero-order chi connectivity index (χ0) is 16.5. The topological polar surface area (TPSA) is 72.8 Å². The molecule has 0 saturated heterocycles. The number of carbonyl (C=O) groups excluding carboxylic acids is 1. The van der Waals surface area contributed by atoms with E-state index in [0.29, 0.717) is 24.3 Å². The van der Waals surface area contributed by atoms with Crippen molar-refractivity contribution in [1.82, 2.24) is 0 Å². The van der Waals surface area contributed by atoms with Gasteiger partial charge < -0.3 is 14.6 Å². The Kier molecular flexibility index (Phi) is 4.18. The number of aliphatic carboxylic acids is 1. The number of methoxy groups -OCH3 is 1. The van der Waals surface area contributed by atoms with Gasteiger partial charge >= 0.3 is 11.9 Å². The van der Waals surface area contributed by atoms with Crippen LogP contribution >= 0.6 is 0 Å². The van der Waals surface area contributed by atoms with Gasteiger partial charge in [-0.2, -0.15) is 0 Å². The van der Waals surface area contributed by atoms with Crippen LogP contribution in [-0.2, 0) is 9.59 Å². The van der Waals surface area contributed by atoms with Gasteiger partial charge in [-0.05, 0) is 49.4 Å². The van der Waals surface area contributed by atoms with Gasteiger partial charge in [-0.15, -0.1) is 0 Å². The summed E-state index contributed by atoms with van der Waals surface area (Å²) in [5.74, 6) is -0.557. The smallest absolute Gasteiger partial charge is 0.314 e. The molecule has 1 aromatic rings. The van der Waals surface area contributed by atoms with Crippen molar-refractivity contribution >= 4 is 11.9 Å². The molecule has 2 atom stereocenters. The number of rotatable bonds is 4. The first-order chi connectivity index (χ1) is 10.2. The van der Waals surface area contributed by atoms with Crippen molar-refractivity contribution in [3.63, 3.8) is 0 Å². The summed E-state index contributed by atoms with van der Waals surface area (Å²) < 4.78 is 10.5. The van der Waals surface area contributed by atoms with Crippen LogP contribution in [0.4, 0.5) is 0 Å². The average molecular weight is 306 g/mol. The van der Waals surface area contributed by atoms with E-state index in [1.165, 1.54) is 0 Å². The van der Waals surface area contributed by atoms with Crippen molar-refractivity contribution in [2.45, 2.75) is 33.6 Å². The predicted molar refractivity (Wildman–Crippen MR) is 80.9 cm³/mol. The zero-order valence-electron chi connectivity index (χ0n) is 13.4. The Morgan fingerprint density at radius 3 is 2.14 bits per heavy atom. The second-order valence-corrected chi connectivity index (χ2v) is 6.55. The minimum atomic E-state index is -0.920. The maximum absolute atomic E-state index is 12.4. The summed E-state index contributed by atoms with van der Waals surface area (Å²) in [6, 6.07) is 6.75. The van der Waals surface area contributed by atoms with Gasteiger partial charge in [0.05, 0.1) is 18.4 Å². The number of carbonyl (C=O) groups is 2. The third-order valence-electron chi connectivity index (χ3n) is 5.26. The molecule has 0 bridgehead atoms. The van der Waals surface area contributed by atoms with Gasteiger partial charge in [-0.1, -0.05) is 13.8 Å². The molecule has 1 saturated carbocycles. The summed E-state index contributed by atoms with van der Waals surface area (Å²) in [6.45, 7) is 5.36. The molecule has 2 rings (SSSR count). The molecule has 0 aromatic heterocycles. The molecule has 1 aliphatic carbocycles. The Morgan fingerprint density at radius 1 is 1.14 bits per heavy atom. The lowest BCUT2D eigenvalue weighted by atomic mass is 9.66. The second-order valence-electron chi connectivity index (χ2n) is 6.55. The highest BCUT2D eigenvalue weighted by atomic mass is 16.5. The molecule has 0 aliphatic heterocycles. The molecule has 120 valence electrons. The maximum atomic E-state index is 12.4. The molecule has 1 aromatic carbocycles.